The molecule has 0 saturated carbocycles. The molecule has 1 unspecified atom stereocenters. The Bertz CT molecular complexity index is 1660. The molecule has 0 fully saturated rings. The van der Waals surface area contributed by atoms with E-state index in [2.05, 4.69) is 36.6 Å². The monoisotopic (exact) mass is 658 g/mol. The number of nitrogens with one attached hydrogen (secondary N) is 1. The van der Waals surface area contributed by atoms with Gasteiger partial charge in [-0.3, -0.25) is 4.72 Å². The van der Waals surface area contributed by atoms with Crippen LogP contribution in [0.5, 0.6) is 5.75 Å². The van der Waals surface area contributed by atoms with Crippen LogP contribution in [0.4, 0.5) is 5.69 Å². The third kappa shape index (κ3) is 5.17. The van der Waals surface area contributed by atoms with Crippen LogP contribution in [0.1, 0.15) is 29.9 Å². The predicted octanol–water partition coefficient (Wildman–Crippen LogP) is 4.76. The third-order valence-electron chi connectivity index (χ3n) is 5.47. The number of aliphatic hydroxyl groups excluding tert-OH is 1. The summed E-state index contributed by atoms with van der Waals surface area (Å²) in [5, 5.41) is 26.8. The van der Waals surface area contributed by atoms with Gasteiger partial charge in [0.1, 0.15) is 23.2 Å². The second-order valence-corrected chi connectivity index (χ2v) is 12.8. The number of aromatic hydroxyl groups is 1. The van der Waals surface area contributed by atoms with Crippen molar-refractivity contribution >= 4 is 68.6 Å². The standard InChI is InChI=1S/C23H20Br2N2O7S2/c1-2-19-21(22(28)12-9-17(24)23(29)18(25)10-12)16-8-7-15(11-20(16)34-19)36(32,33)27-13-3-5-14(6-4-13)35(26,30)31/h3-11,22,27-29H,2H2,1H3,(H2,26,30,31). The number of benzene rings is 3. The van der Waals surface area contributed by atoms with E-state index in [0.29, 0.717) is 37.6 Å². The first-order chi connectivity index (χ1) is 16.8. The molecule has 1 atom stereocenters. The zero-order valence-electron chi connectivity index (χ0n) is 18.6. The minimum Gasteiger partial charge on any atom is -0.506 e. The molecule has 3 aromatic carbocycles. The van der Waals surface area contributed by atoms with Crippen molar-refractivity contribution < 1.29 is 31.5 Å². The van der Waals surface area contributed by atoms with Crippen molar-refractivity contribution in [2.45, 2.75) is 29.2 Å². The zero-order chi connectivity index (χ0) is 26.4. The molecular formula is C23H20Br2N2O7S2. The fourth-order valence-corrected chi connectivity index (χ4v) is 6.52. The van der Waals surface area contributed by atoms with Gasteiger partial charge in [0, 0.05) is 29.1 Å². The average Bonchev–Trinajstić information content (AvgIpc) is 3.19. The first kappa shape index (κ1) is 26.6. The molecule has 0 aliphatic carbocycles. The van der Waals surface area contributed by atoms with Gasteiger partial charge in [-0.1, -0.05) is 6.92 Å². The number of phenolic OH excluding ortho intramolecular Hbond substituents is 1. The molecular weight excluding hydrogens is 640 g/mol. The van der Waals surface area contributed by atoms with E-state index in [1.54, 1.807) is 18.2 Å². The number of nitrogens with two attached hydrogens (primary N) is 1. The van der Waals surface area contributed by atoms with Crippen LogP contribution in [0.15, 0.2) is 77.8 Å². The minimum absolute atomic E-state index is 0.000330. The average molecular weight is 660 g/mol. The SMILES string of the molecule is CCc1oc2cc(S(=O)(=O)Nc3ccc(S(N)(=O)=O)cc3)ccc2c1C(O)c1cc(Br)c(O)c(Br)c1. The summed E-state index contributed by atoms with van der Waals surface area (Å²) in [6.07, 6.45) is -0.662. The fraction of sp³-hybridized carbons (Fsp3) is 0.130. The van der Waals surface area contributed by atoms with Crippen LogP contribution in [0.3, 0.4) is 0 Å². The zero-order valence-corrected chi connectivity index (χ0v) is 23.4. The van der Waals surface area contributed by atoms with Gasteiger partial charge in [-0.2, -0.15) is 0 Å². The van der Waals surface area contributed by atoms with Crippen molar-refractivity contribution in [3.8, 4) is 5.75 Å². The number of phenols is 1. The second-order valence-electron chi connectivity index (χ2n) is 7.86. The Balaban J connectivity index is 1.71. The van der Waals surface area contributed by atoms with E-state index >= 15 is 0 Å². The van der Waals surface area contributed by atoms with Gasteiger partial charge < -0.3 is 14.6 Å². The van der Waals surface area contributed by atoms with E-state index in [4.69, 9.17) is 9.56 Å². The number of sulfonamides is 2. The second kappa shape index (κ2) is 9.80. The highest BCUT2D eigenvalue weighted by atomic mass is 79.9. The first-order valence-electron chi connectivity index (χ1n) is 10.4. The predicted molar refractivity (Wildman–Crippen MR) is 142 cm³/mol. The minimum atomic E-state index is -4.05. The number of rotatable bonds is 7. The summed E-state index contributed by atoms with van der Waals surface area (Å²) in [5.41, 5.74) is 1.40. The molecule has 9 nitrogen and oxygen atoms in total. The van der Waals surface area contributed by atoms with Crippen LogP contribution >= 0.6 is 31.9 Å². The Morgan fingerprint density at radius 2 is 1.56 bits per heavy atom. The van der Waals surface area contributed by atoms with Crippen LogP contribution in [-0.2, 0) is 26.5 Å². The number of hydrogen-bond donors (Lipinski definition) is 4. The lowest BCUT2D eigenvalue weighted by Crippen LogP contribution is -2.14. The highest BCUT2D eigenvalue weighted by molar-refractivity contribution is 9.11. The van der Waals surface area contributed by atoms with Gasteiger partial charge in [-0.05, 0) is 86.0 Å². The summed E-state index contributed by atoms with van der Waals surface area (Å²) in [6.45, 7) is 1.85. The summed E-state index contributed by atoms with van der Waals surface area (Å²) in [6, 6.07) is 12.5. The smallest absolute Gasteiger partial charge is 0.262 e. The Labute approximate surface area is 224 Å². The number of halogens is 2. The third-order valence-corrected chi connectivity index (χ3v) is 8.99. The summed E-state index contributed by atoms with van der Waals surface area (Å²) in [5.74, 6) is 0.485. The summed E-state index contributed by atoms with van der Waals surface area (Å²) >= 11 is 6.52. The van der Waals surface area contributed by atoms with Crippen LogP contribution in [0, 0.1) is 0 Å². The molecule has 4 rings (SSSR count). The van der Waals surface area contributed by atoms with Crippen molar-refractivity contribution in [2.75, 3.05) is 4.72 Å². The lowest BCUT2D eigenvalue weighted by atomic mass is 9.97. The summed E-state index contributed by atoms with van der Waals surface area (Å²) in [7, 11) is -7.95. The lowest BCUT2D eigenvalue weighted by molar-refractivity contribution is 0.218. The Morgan fingerprint density at radius 3 is 2.11 bits per heavy atom. The van der Waals surface area contributed by atoms with E-state index in [-0.39, 0.29) is 26.8 Å². The van der Waals surface area contributed by atoms with Gasteiger partial charge in [0.25, 0.3) is 10.0 Å². The van der Waals surface area contributed by atoms with E-state index < -0.39 is 26.2 Å². The molecule has 36 heavy (non-hydrogen) atoms. The first-order valence-corrected chi connectivity index (χ1v) is 15.0. The normalized spacial score (nSPS) is 13.1. The Morgan fingerprint density at radius 1 is 0.972 bits per heavy atom. The van der Waals surface area contributed by atoms with Crippen LogP contribution in [0.2, 0.25) is 0 Å². The molecule has 5 N–H and O–H groups in total. The number of aliphatic hydroxyl groups is 1. The molecule has 0 radical (unpaired) electrons. The van der Waals surface area contributed by atoms with Gasteiger partial charge in [-0.15, -0.1) is 0 Å². The van der Waals surface area contributed by atoms with Crippen molar-refractivity contribution in [2.24, 2.45) is 5.14 Å². The number of aryl methyl sites for hydroxylation is 1. The molecule has 13 heteroatoms. The van der Waals surface area contributed by atoms with Gasteiger partial charge >= 0.3 is 0 Å². The fourth-order valence-electron chi connectivity index (χ4n) is 3.71. The van der Waals surface area contributed by atoms with Crippen molar-refractivity contribution in [1.82, 2.24) is 0 Å². The maximum atomic E-state index is 13.0. The highest BCUT2D eigenvalue weighted by Crippen LogP contribution is 2.40. The van der Waals surface area contributed by atoms with E-state index in [1.165, 1.54) is 36.4 Å². The number of fused-ring (bicyclic) bond motifs is 1. The lowest BCUT2D eigenvalue weighted by Gasteiger charge is -2.14. The number of hydrogen-bond acceptors (Lipinski definition) is 7. The topological polar surface area (TPSA) is 160 Å². The molecule has 1 aromatic heterocycles. The molecule has 4 aromatic rings. The Kier molecular flexibility index (Phi) is 7.25. The number of primary sulfonamides is 1. The summed E-state index contributed by atoms with van der Waals surface area (Å²) < 4.78 is 57.9. The van der Waals surface area contributed by atoms with E-state index in [0.717, 1.165) is 0 Å². The molecule has 0 saturated heterocycles. The number of furan rings is 1. The molecule has 0 bridgehead atoms. The molecule has 0 aliphatic rings. The molecule has 0 spiro atoms. The maximum absolute atomic E-state index is 13.0. The highest BCUT2D eigenvalue weighted by Gasteiger charge is 2.25. The molecule has 190 valence electrons. The van der Waals surface area contributed by atoms with Crippen LogP contribution < -0.4 is 9.86 Å². The van der Waals surface area contributed by atoms with Crippen LogP contribution in [0.25, 0.3) is 11.0 Å². The van der Waals surface area contributed by atoms with E-state index in [9.17, 15) is 27.0 Å². The Hall–Kier alpha value is -2.42. The molecule has 0 aliphatic heterocycles. The van der Waals surface area contributed by atoms with Gasteiger partial charge in [-0.25, -0.2) is 22.0 Å². The molecule has 0 amide bonds. The van der Waals surface area contributed by atoms with Crippen LogP contribution in [-0.4, -0.2) is 27.0 Å². The van der Waals surface area contributed by atoms with Gasteiger partial charge in [0.15, 0.2) is 0 Å². The maximum Gasteiger partial charge on any atom is 0.262 e. The van der Waals surface area contributed by atoms with Crippen molar-refractivity contribution in [3.63, 3.8) is 0 Å². The summed E-state index contributed by atoms with van der Waals surface area (Å²) in [4.78, 5) is -0.230. The molecule has 1 heterocycles. The number of anilines is 1. The van der Waals surface area contributed by atoms with E-state index in [1.807, 2.05) is 6.92 Å². The quantitative estimate of drug-likeness (QED) is 0.223. The van der Waals surface area contributed by atoms with Crippen molar-refractivity contribution in [1.29, 1.82) is 0 Å². The van der Waals surface area contributed by atoms with Gasteiger partial charge in [0.05, 0.1) is 18.7 Å². The van der Waals surface area contributed by atoms with Gasteiger partial charge in [0.2, 0.25) is 10.0 Å². The van der Waals surface area contributed by atoms with Crippen molar-refractivity contribution in [3.05, 3.63) is 80.4 Å². The largest absolute Gasteiger partial charge is 0.506 e.